The lowest BCUT2D eigenvalue weighted by Gasteiger charge is -2.14. The summed E-state index contributed by atoms with van der Waals surface area (Å²) in [6.45, 7) is 3.82. The molecule has 2 rings (SSSR count). The maximum absolute atomic E-state index is 11.0. The van der Waals surface area contributed by atoms with Crippen molar-refractivity contribution in [2.24, 2.45) is 5.73 Å². The third-order valence-electron chi connectivity index (χ3n) is 2.81. The summed E-state index contributed by atoms with van der Waals surface area (Å²) < 4.78 is 1.89. The topological polar surface area (TPSA) is 73.8 Å². The average molecular weight is 267 g/mol. The summed E-state index contributed by atoms with van der Waals surface area (Å²) in [5, 5.41) is 0. The van der Waals surface area contributed by atoms with Crippen LogP contribution in [0.3, 0.4) is 0 Å². The van der Waals surface area contributed by atoms with Gasteiger partial charge in [-0.3, -0.25) is 4.79 Å². The summed E-state index contributed by atoms with van der Waals surface area (Å²) in [5.74, 6) is 0.634. The fourth-order valence-electron chi connectivity index (χ4n) is 2.06. The lowest BCUT2D eigenvalue weighted by atomic mass is 10.2. The van der Waals surface area contributed by atoms with Crippen LogP contribution in [0.25, 0.3) is 11.2 Å². The summed E-state index contributed by atoms with van der Waals surface area (Å²) >= 11 is 5.90. The van der Waals surface area contributed by atoms with Crippen molar-refractivity contribution in [3.63, 3.8) is 0 Å². The number of nitrogens with zero attached hydrogens (tertiary/aromatic N) is 3. The van der Waals surface area contributed by atoms with E-state index in [4.69, 9.17) is 17.3 Å². The van der Waals surface area contributed by atoms with Crippen LogP contribution in [0, 0.1) is 6.92 Å². The molecule has 6 heteroatoms. The van der Waals surface area contributed by atoms with Crippen molar-refractivity contribution < 1.29 is 4.79 Å². The molecule has 0 fully saturated rings. The van der Waals surface area contributed by atoms with Crippen LogP contribution in [0.1, 0.15) is 30.9 Å². The minimum absolute atomic E-state index is 0.101. The van der Waals surface area contributed by atoms with Crippen molar-refractivity contribution in [1.82, 2.24) is 14.5 Å². The number of hydrogen-bond acceptors (Lipinski definition) is 3. The van der Waals surface area contributed by atoms with E-state index in [0.717, 1.165) is 16.9 Å². The molecule has 0 aliphatic carbocycles. The maximum Gasteiger partial charge on any atom is 0.219 e. The first-order valence-corrected chi connectivity index (χ1v) is 6.25. The summed E-state index contributed by atoms with van der Waals surface area (Å²) in [5.41, 5.74) is 7.67. The number of imidazole rings is 1. The van der Waals surface area contributed by atoms with Gasteiger partial charge in [0, 0.05) is 18.2 Å². The Morgan fingerprint density at radius 3 is 2.83 bits per heavy atom. The smallest absolute Gasteiger partial charge is 0.219 e. The van der Waals surface area contributed by atoms with Crippen molar-refractivity contribution in [1.29, 1.82) is 0 Å². The zero-order valence-corrected chi connectivity index (χ0v) is 11.1. The Balaban J connectivity index is 2.58. The summed E-state index contributed by atoms with van der Waals surface area (Å²) in [6.07, 6.45) is 0.241. The largest absolute Gasteiger partial charge is 0.370 e. The molecule has 5 nitrogen and oxygen atoms in total. The third kappa shape index (κ3) is 2.31. The first kappa shape index (κ1) is 12.8. The predicted octanol–water partition coefficient (Wildman–Crippen LogP) is 1.91. The molecule has 0 bridgehead atoms. The molecule has 96 valence electrons. The average Bonchev–Trinajstić information content (AvgIpc) is 2.65. The number of nitrogens with two attached hydrogens (primary N) is 1. The van der Waals surface area contributed by atoms with E-state index in [1.807, 2.05) is 30.5 Å². The highest BCUT2D eigenvalue weighted by Crippen LogP contribution is 2.23. The maximum atomic E-state index is 11.0. The SMILES string of the molecule is Cc1ccc2nc(CCl)n(C(C)CC(N)=O)c2n1. The number of rotatable bonds is 4. The molecule has 2 heterocycles. The van der Waals surface area contributed by atoms with Gasteiger partial charge in [0.25, 0.3) is 0 Å². The molecule has 0 aromatic carbocycles. The summed E-state index contributed by atoms with van der Waals surface area (Å²) in [4.78, 5) is 19.9. The second-order valence-corrected chi connectivity index (χ2v) is 4.61. The Hall–Kier alpha value is -1.62. The van der Waals surface area contributed by atoms with Crippen LogP contribution in [0.2, 0.25) is 0 Å². The van der Waals surface area contributed by atoms with E-state index in [0.29, 0.717) is 5.82 Å². The number of carbonyl (C=O) groups is 1. The number of carbonyl (C=O) groups excluding carboxylic acids is 1. The van der Waals surface area contributed by atoms with Crippen molar-refractivity contribution in [2.45, 2.75) is 32.2 Å². The Morgan fingerprint density at radius 1 is 1.50 bits per heavy atom. The molecule has 0 aliphatic rings. The van der Waals surface area contributed by atoms with E-state index in [1.54, 1.807) is 0 Å². The number of aryl methyl sites for hydroxylation is 1. The van der Waals surface area contributed by atoms with Crippen LogP contribution in [-0.2, 0) is 10.7 Å². The third-order valence-corrected chi connectivity index (χ3v) is 3.05. The Bertz CT molecular complexity index is 593. The molecule has 0 aliphatic heterocycles. The van der Waals surface area contributed by atoms with E-state index in [2.05, 4.69) is 9.97 Å². The zero-order chi connectivity index (χ0) is 13.3. The number of amides is 1. The number of fused-ring (bicyclic) bond motifs is 1. The number of primary amides is 1. The van der Waals surface area contributed by atoms with Gasteiger partial charge >= 0.3 is 0 Å². The standard InChI is InChI=1S/C12H15ClN4O/c1-7-3-4-9-12(15-7)17(11(6-13)16-9)8(2)5-10(14)18/h3-4,8H,5-6H2,1-2H3,(H2,14,18). The predicted molar refractivity (Wildman–Crippen MR) is 70.3 cm³/mol. The molecule has 0 radical (unpaired) electrons. The van der Waals surface area contributed by atoms with Crippen molar-refractivity contribution in [3.05, 3.63) is 23.7 Å². The molecule has 0 saturated carbocycles. The van der Waals surface area contributed by atoms with Crippen LogP contribution in [-0.4, -0.2) is 20.4 Å². The Morgan fingerprint density at radius 2 is 2.22 bits per heavy atom. The highest BCUT2D eigenvalue weighted by atomic mass is 35.5. The van der Waals surface area contributed by atoms with Crippen LogP contribution in [0.15, 0.2) is 12.1 Å². The number of pyridine rings is 1. The van der Waals surface area contributed by atoms with Gasteiger partial charge in [0.05, 0.1) is 5.88 Å². The van der Waals surface area contributed by atoms with Gasteiger partial charge in [-0.15, -0.1) is 11.6 Å². The van der Waals surface area contributed by atoms with Crippen molar-refractivity contribution >= 4 is 28.7 Å². The minimum Gasteiger partial charge on any atom is -0.370 e. The van der Waals surface area contributed by atoms with E-state index in [-0.39, 0.29) is 24.2 Å². The van der Waals surface area contributed by atoms with E-state index in [9.17, 15) is 4.79 Å². The summed E-state index contributed by atoms with van der Waals surface area (Å²) in [7, 11) is 0. The first-order chi connectivity index (χ1) is 8.52. The highest BCUT2D eigenvalue weighted by molar-refractivity contribution is 6.16. The van der Waals surface area contributed by atoms with Gasteiger partial charge < -0.3 is 10.3 Å². The quantitative estimate of drug-likeness (QED) is 0.859. The normalized spacial score (nSPS) is 12.8. The van der Waals surface area contributed by atoms with Gasteiger partial charge in [-0.2, -0.15) is 0 Å². The molecule has 0 spiro atoms. The van der Waals surface area contributed by atoms with Gasteiger partial charge in [-0.1, -0.05) is 0 Å². The van der Waals surface area contributed by atoms with Crippen LogP contribution in [0.4, 0.5) is 0 Å². The number of hydrogen-bond donors (Lipinski definition) is 1. The lowest BCUT2D eigenvalue weighted by molar-refractivity contribution is -0.118. The fraction of sp³-hybridized carbons (Fsp3) is 0.417. The molecule has 18 heavy (non-hydrogen) atoms. The molecule has 2 aromatic heterocycles. The van der Waals surface area contributed by atoms with E-state index < -0.39 is 0 Å². The zero-order valence-electron chi connectivity index (χ0n) is 10.4. The number of halogens is 1. The van der Waals surface area contributed by atoms with Crippen LogP contribution >= 0.6 is 11.6 Å². The molecule has 2 aromatic rings. The van der Waals surface area contributed by atoms with E-state index in [1.165, 1.54) is 0 Å². The van der Waals surface area contributed by atoms with Crippen LogP contribution < -0.4 is 5.73 Å². The van der Waals surface area contributed by atoms with Crippen molar-refractivity contribution in [3.8, 4) is 0 Å². The molecule has 1 unspecified atom stereocenters. The fourth-order valence-corrected chi connectivity index (χ4v) is 2.24. The van der Waals surface area contributed by atoms with Gasteiger partial charge in [0.2, 0.25) is 5.91 Å². The molecule has 1 amide bonds. The van der Waals surface area contributed by atoms with Gasteiger partial charge in [0.1, 0.15) is 11.3 Å². The molecular weight excluding hydrogens is 252 g/mol. The second-order valence-electron chi connectivity index (χ2n) is 4.35. The number of aromatic nitrogens is 3. The molecule has 2 N–H and O–H groups in total. The van der Waals surface area contributed by atoms with E-state index >= 15 is 0 Å². The van der Waals surface area contributed by atoms with Gasteiger partial charge in [-0.05, 0) is 26.0 Å². The molecule has 0 saturated heterocycles. The monoisotopic (exact) mass is 266 g/mol. The Labute approximate surface area is 110 Å². The second kappa shape index (κ2) is 4.94. The van der Waals surface area contributed by atoms with Gasteiger partial charge in [-0.25, -0.2) is 9.97 Å². The van der Waals surface area contributed by atoms with Gasteiger partial charge in [0.15, 0.2) is 5.65 Å². The highest BCUT2D eigenvalue weighted by Gasteiger charge is 2.17. The molecule has 1 atom stereocenters. The number of alkyl halides is 1. The molecular formula is C12H15ClN4O. The first-order valence-electron chi connectivity index (χ1n) is 5.71. The lowest BCUT2D eigenvalue weighted by Crippen LogP contribution is -2.18. The van der Waals surface area contributed by atoms with Crippen LogP contribution in [0.5, 0.6) is 0 Å². The summed E-state index contributed by atoms with van der Waals surface area (Å²) in [6, 6.07) is 3.70. The Kier molecular flexibility index (Phi) is 3.52. The minimum atomic E-state index is -0.350. The van der Waals surface area contributed by atoms with Crippen molar-refractivity contribution in [2.75, 3.05) is 0 Å².